The van der Waals surface area contributed by atoms with Crippen LogP contribution in [0, 0.1) is 22.7 Å². The van der Waals surface area contributed by atoms with Gasteiger partial charge in [0.05, 0.1) is 18.1 Å². The molecule has 0 heterocycles. The number of fused-ring (bicyclic) bond motifs is 1. The average Bonchev–Trinajstić information content (AvgIpc) is 2.51. The molecule has 0 saturated heterocycles. The van der Waals surface area contributed by atoms with Crippen molar-refractivity contribution in [1.29, 1.82) is 0 Å². The van der Waals surface area contributed by atoms with Gasteiger partial charge < -0.3 is 15.0 Å². The van der Waals surface area contributed by atoms with Gasteiger partial charge in [0.1, 0.15) is 6.29 Å². The Morgan fingerprint density at radius 2 is 2.09 bits per heavy atom. The Kier molecular flexibility index (Phi) is 5.52. The molecule has 0 bridgehead atoms. The molecule has 2 N–H and O–H groups in total. The van der Waals surface area contributed by atoms with Gasteiger partial charge in [0, 0.05) is 0 Å². The van der Waals surface area contributed by atoms with Crippen molar-refractivity contribution in [1.82, 2.24) is 0 Å². The molecule has 130 valence electrons. The minimum atomic E-state index is -0.637. The fraction of sp³-hybridized carbons (Fsp3) is 0.750. The van der Waals surface area contributed by atoms with Crippen molar-refractivity contribution < 1.29 is 15.0 Å². The molecule has 0 radical (unpaired) electrons. The lowest BCUT2D eigenvalue weighted by Gasteiger charge is -2.58. The summed E-state index contributed by atoms with van der Waals surface area (Å²) in [6.07, 6.45) is 7.85. The first kappa shape index (κ1) is 18.4. The van der Waals surface area contributed by atoms with E-state index in [1.54, 1.807) is 0 Å². The van der Waals surface area contributed by atoms with Crippen LogP contribution >= 0.6 is 0 Å². The molecular formula is C20H32O3. The zero-order valence-corrected chi connectivity index (χ0v) is 14.8. The maximum absolute atomic E-state index is 11.8. The lowest BCUT2D eigenvalue weighted by Crippen LogP contribution is -2.56. The van der Waals surface area contributed by atoms with Gasteiger partial charge in [0.15, 0.2) is 0 Å². The Morgan fingerprint density at radius 1 is 1.39 bits per heavy atom. The first-order valence-electron chi connectivity index (χ1n) is 8.88. The highest BCUT2D eigenvalue weighted by Gasteiger charge is 2.57. The molecule has 0 amide bonds. The van der Waals surface area contributed by atoms with Crippen LogP contribution in [-0.4, -0.2) is 29.2 Å². The van der Waals surface area contributed by atoms with Crippen molar-refractivity contribution in [2.45, 2.75) is 65.4 Å². The van der Waals surface area contributed by atoms with E-state index in [1.807, 2.05) is 13.0 Å². The van der Waals surface area contributed by atoms with Gasteiger partial charge in [0.25, 0.3) is 0 Å². The van der Waals surface area contributed by atoms with Gasteiger partial charge in [-0.15, -0.1) is 0 Å². The predicted octanol–water partition coefficient (Wildman–Crippen LogP) is 3.65. The first-order chi connectivity index (χ1) is 10.8. The van der Waals surface area contributed by atoms with E-state index in [9.17, 15) is 9.90 Å². The highest BCUT2D eigenvalue weighted by atomic mass is 16.3. The van der Waals surface area contributed by atoms with E-state index in [0.717, 1.165) is 38.4 Å². The average molecular weight is 320 g/mol. The molecule has 2 aliphatic rings. The molecule has 0 aromatic rings. The summed E-state index contributed by atoms with van der Waals surface area (Å²) in [5.74, 6) is 0.601. The number of aldehydes is 1. The largest absolute Gasteiger partial charge is 0.392 e. The fourth-order valence-corrected chi connectivity index (χ4v) is 5.23. The van der Waals surface area contributed by atoms with Crippen molar-refractivity contribution in [2.75, 3.05) is 6.61 Å². The molecule has 0 unspecified atom stereocenters. The highest BCUT2D eigenvalue weighted by molar-refractivity contribution is 5.61. The Balaban J connectivity index is 2.26. The monoisotopic (exact) mass is 320 g/mol. The summed E-state index contributed by atoms with van der Waals surface area (Å²) in [7, 11) is 0. The summed E-state index contributed by atoms with van der Waals surface area (Å²) in [4.78, 5) is 11.8. The van der Waals surface area contributed by atoms with Crippen LogP contribution in [0.15, 0.2) is 23.8 Å². The van der Waals surface area contributed by atoms with Gasteiger partial charge in [-0.05, 0) is 62.7 Å². The minimum Gasteiger partial charge on any atom is -0.392 e. The molecule has 0 aliphatic heterocycles. The van der Waals surface area contributed by atoms with Gasteiger partial charge in [0.2, 0.25) is 0 Å². The maximum Gasteiger partial charge on any atom is 0.128 e. The third-order valence-corrected chi connectivity index (χ3v) is 6.79. The molecule has 5 atom stereocenters. The lowest BCUT2D eigenvalue weighted by atomic mass is 9.46. The van der Waals surface area contributed by atoms with Crippen molar-refractivity contribution in [2.24, 2.45) is 22.7 Å². The van der Waals surface area contributed by atoms with Crippen molar-refractivity contribution >= 4 is 6.29 Å². The Bertz CT molecular complexity index is 495. The van der Waals surface area contributed by atoms with E-state index in [1.165, 1.54) is 11.1 Å². The van der Waals surface area contributed by atoms with Crippen LogP contribution in [0.1, 0.15) is 59.3 Å². The van der Waals surface area contributed by atoms with E-state index in [4.69, 9.17) is 5.11 Å². The minimum absolute atomic E-state index is 0.0315. The van der Waals surface area contributed by atoms with E-state index < -0.39 is 11.5 Å². The van der Waals surface area contributed by atoms with Crippen LogP contribution in [0.5, 0.6) is 0 Å². The number of carbonyl (C=O) groups excluding carboxylic acids is 1. The normalized spacial score (nSPS) is 41.5. The highest BCUT2D eigenvalue weighted by Crippen LogP contribution is 2.61. The summed E-state index contributed by atoms with van der Waals surface area (Å²) in [5.41, 5.74) is 1.90. The maximum atomic E-state index is 11.8. The summed E-state index contributed by atoms with van der Waals surface area (Å²) in [6.45, 7) is 10.7. The number of hydrogen-bond acceptors (Lipinski definition) is 3. The second kappa shape index (κ2) is 6.90. The zero-order chi connectivity index (χ0) is 17.3. The number of aliphatic hydroxyl groups is 2. The van der Waals surface area contributed by atoms with Gasteiger partial charge in [-0.2, -0.15) is 0 Å². The summed E-state index contributed by atoms with van der Waals surface area (Å²) < 4.78 is 0. The number of carbonyl (C=O) groups is 1. The second-order valence-electron chi connectivity index (χ2n) is 8.12. The Hall–Kier alpha value is -0.930. The third kappa shape index (κ3) is 3.18. The van der Waals surface area contributed by atoms with Crippen molar-refractivity contribution in [3.8, 4) is 0 Å². The zero-order valence-electron chi connectivity index (χ0n) is 14.8. The molecule has 2 rings (SSSR count). The van der Waals surface area contributed by atoms with Crippen LogP contribution in [-0.2, 0) is 4.79 Å². The molecule has 0 aromatic carbocycles. The van der Waals surface area contributed by atoms with E-state index in [0.29, 0.717) is 12.3 Å². The Morgan fingerprint density at radius 3 is 2.70 bits per heavy atom. The van der Waals surface area contributed by atoms with Crippen LogP contribution in [0.2, 0.25) is 0 Å². The van der Waals surface area contributed by atoms with Gasteiger partial charge in [-0.1, -0.05) is 37.6 Å². The molecule has 0 aromatic heterocycles. The van der Waals surface area contributed by atoms with Crippen LogP contribution < -0.4 is 0 Å². The topological polar surface area (TPSA) is 57.5 Å². The quantitative estimate of drug-likeness (QED) is 0.600. The first-order valence-corrected chi connectivity index (χ1v) is 8.88. The molecule has 3 heteroatoms. The van der Waals surface area contributed by atoms with Gasteiger partial charge in [-0.25, -0.2) is 0 Å². The molecule has 2 saturated carbocycles. The molecule has 2 fully saturated rings. The predicted molar refractivity (Wildman–Crippen MR) is 92.9 cm³/mol. The van der Waals surface area contributed by atoms with E-state index >= 15 is 0 Å². The number of allylic oxidation sites excluding steroid dienone is 2. The summed E-state index contributed by atoms with van der Waals surface area (Å²) in [6, 6.07) is 0. The van der Waals surface area contributed by atoms with E-state index in [-0.39, 0.29) is 17.9 Å². The smallest absolute Gasteiger partial charge is 0.128 e. The standard InChI is InChI=1S/C20H32O3/c1-14(10-12-21)5-7-16-15(2)6-8-17-19(16,3)11-9-18(23)20(17,4)13-22/h10,13,16-18,21,23H,2,5-9,11-12H2,1,3-4H3/b14-10+/t16-,17+,18-,19-,20+/m0/s1. The van der Waals surface area contributed by atoms with Crippen LogP contribution in [0.25, 0.3) is 0 Å². The summed E-state index contributed by atoms with van der Waals surface area (Å²) >= 11 is 0. The van der Waals surface area contributed by atoms with Crippen LogP contribution in [0.3, 0.4) is 0 Å². The fourth-order valence-electron chi connectivity index (χ4n) is 5.23. The molecule has 3 nitrogen and oxygen atoms in total. The van der Waals surface area contributed by atoms with Gasteiger partial charge >= 0.3 is 0 Å². The molecule has 0 spiro atoms. The molecule has 2 aliphatic carbocycles. The van der Waals surface area contributed by atoms with Crippen molar-refractivity contribution in [3.63, 3.8) is 0 Å². The van der Waals surface area contributed by atoms with Crippen molar-refractivity contribution in [3.05, 3.63) is 23.8 Å². The number of hydrogen-bond donors (Lipinski definition) is 2. The lowest BCUT2D eigenvalue weighted by molar-refractivity contribution is -0.152. The second-order valence-corrected chi connectivity index (χ2v) is 8.12. The Labute approximate surface area is 140 Å². The third-order valence-electron chi connectivity index (χ3n) is 6.79. The summed E-state index contributed by atoms with van der Waals surface area (Å²) in [5, 5.41) is 19.5. The number of aliphatic hydroxyl groups excluding tert-OH is 2. The van der Waals surface area contributed by atoms with Gasteiger partial charge in [-0.3, -0.25) is 0 Å². The number of rotatable bonds is 5. The molecular weight excluding hydrogens is 288 g/mol. The SMILES string of the molecule is C=C1CC[C@H]2[C@@](C)(C=O)[C@@H](O)CC[C@@]2(C)[C@H]1CC/C(C)=C/CO. The van der Waals surface area contributed by atoms with Crippen LogP contribution in [0.4, 0.5) is 0 Å². The molecule has 23 heavy (non-hydrogen) atoms. The van der Waals surface area contributed by atoms with E-state index in [2.05, 4.69) is 20.4 Å².